The van der Waals surface area contributed by atoms with Gasteiger partial charge in [0.05, 0.1) is 0 Å². The maximum absolute atomic E-state index is 13.4. The molecule has 140 valence electrons. The van der Waals surface area contributed by atoms with Gasteiger partial charge in [-0.1, -0.05) is 48.0 Å². The molecule has 0 bridgehead atoms. The van der Waals surface area contributed by atoms with E-state index in [1.54, 1.807) is 12.1 Å². The van der Waals surface area contributed by atoms with Gasteiger partial charge >= 0.3 is 0 Å². The normalized spacial score (nSPS) is 12.0. The lowest BCUT2D eigenvalue weighted by molar-refractivity contribution is 0.494. The first-order valence-electron chi connectivity index (χ1n) is 8.77. The predicted molar refractivity (Wildman–Crippen MR) is 108 cm³/mol. The number of anilines is 1. The number of nitrogens with zero attached hydrogens (tertiary/aromatic N) is 2. The van der Waals surface area contributed by atoms with Crippen molar-refractivity contribution in [1.29, 1.82) is 0 Å². The Kier molecular flexibility index (Phi) is 5.08. The summed E-state index contributed by atoms with van der Waals surface area (Å²) >= 11 is 6.25. The van der Waals surface area contributed by atoms with Crippen molar-refractivity contribution >= 4 is 17.3 Å². The van der Waals surface area contributed by atoms with E-state index in [2.05, 4.69) is 15.5 Å². The first-order valence-corrected chi connectivity index (χ1v) is 9.15. The highest BCUT2D eigenvalue weighted by atomic mass is 35.5. The van der Waals surface area contributed by atoms with E-state index in [1.165, 1.54) is 12.1 Å². The van der Waals surface area contributed by atoms with Crippen molar-refractivity contribution in [3.8, 4) is 11.5 Å². The van der Waals surface area contributed by atoms with Gasteiger partial charge < -0.3 is 9.73 Å². The van der Waals surface area contributed by atoms with E-state index in [0.29, 0.717) is 16.8 Å². The van der Waals surface area contributed by atoms with Crippen molar-refractivity contribution in [2.24, 2.45) is 0 Å². The third-order valence-corrected chi connectivity index (χ3v) is 4.80. The summed E-state index contributed by atoms with van der Waals surface area (Å²) in [6.45, 7) is 1.94. The van der Waals surface area contributed by atoms with E-state index >= 15 is 0 Å². The van der Waals surface area contributed by atoms with E-state index in [1.807, 2.05) is 55.5 Å². The van der Waals surface area contributed by atoms with E-state index in [9.17, 15) is 4.39 Å². The zero-order valence-corrected chi connectivity index (χ0v) is 15.8. The largest absolute Gasteiger partial charge is 0.418 e. The summed E-state index contributed by atoms with van der Waals surface area (Å²) in [5.74, 6) is 0.491. The van der Waals surface area contributed by atoms with Crippen LogP contribution < -0.4 is 5.32 Å². The Labute approximate surface area is 167 Å². The van der Waals surface area contributed by atoms with Gasteiger partial charge in [-0.3, -0.25) is 0 Å². The van der Waals surface area contributed by atoms with E-state index in [0.717, 1.165) is 22.4 Å². The fraction of sp³-hybridized carbons (Fsp3) is 0.0909. The number of aryl methyl sites for hydroxylation is 1. The molecule has 0 saturated heterocycles. The molecule has 0 radical (unpaired) electrons. The molecule has 1 N–H and O–H groups in total. The second-order valence-corrected chi connectivity index (χ2v) is 6.81. The topological polar surface area (TPSA) is 51.0 Å². The molecule has 1 unspecified atom stereocenters. The summed E-state index contributed by atoms with van der Waals surface area (Å²) in [5, 5.41) is 12.4. The Morgan fingerprint density at radius 1 is 0.964 bits per heavy atom. The lowest BCUT2D eigenvalue weighted by Gasteiger charge is -2.17. The number of nitrogens with one attached hydrogen (secondary N) is 1. The van der Waals surface area contributed by atoms with Crippen LogP contribution in [-0.4, -0.2) is 10.2 Å². The van der Waals surface area contributed by atoms with Gasteiger partial charge in [0.2, 0.25) is 11.8 Å². The highest BCUT2D eigenvalue weighted by Gasteiger charge is 2.22. The van der Waals surface area contributed by atoms with Gasteiger partial charge in [-0.25, -0.2) is 4.39 Å². The molecule has 4 nitrogen and oxygen atoms in total. The maximum atomic E-state index is 13.4. The Morgan fingerprint density at radius 2 is 1.71 bits per heavy atom. The average Bonchev–Trinajstić information content (AvgIpc) is 3.20. The summed E-state index contributed by atoms with van der Waals surface area (Å²) in [7, 11) is 0. The first kappa shape index (κ1) is 18.2. The van der Waals surface area contributed by atoms with E-state index in [-0.39, 0.29) is 5.82 Å². The van der Waals surface area contributed by atoms with Crippen molar-refractivity contribution in [2.75, 3.05) is 5.32 Å². The molecular formula is C22H17ClFN3O. The summed E-state index contributed by atoms with van der Waals surface area (Å²) < 4.78 is 19.3. The van der Waals surface area contributed by atoms with Crippen LogP contribution in [0.5, 0.6) is 0 Å². The molecule has 28 heavy (non-hydrogen) atoms. The third kappa shape index (κ3) is 3.89. The molecule has 0 aliphatic heterocycles. The molecule has 4 rings (SSSR count). The Hall–Kier alpha value is -3.18. The molecule has 0 aliphatic carbocycles. The van der Waals surface area contributed by atoms with Crippen LogP contribution in [0.1, 0.15) is 23.1 Å². The van der Waals surface area contributed by atoms with Crippen molar-refractivity contribution in [1.82, 2.24) is 10.2 Å². The minimum atomic E-state index is -0.454. The summed E-state index contributed by atoms with van der Waals surface area (Å²) in [5.41, 5.74) is 3.40. The molecule has 4 aromatic rings. The van der Waals surface area contributed by atoms with Gasteiger partial charge in [-0.2, -0.15) is 0 Å². The van der Waals surface area contributed by atoms with E-state index in [4.69, 9.17) is 16.0 Å². The van der Waals surface area contributed by atoms with Crippen LogP contribution in [0.3, 0.4) is 0 Å². The van der Waals surface area contributed by atoms with Crippen LogP contribution in [0, 0.1) is 12.7 Å². The van der Waals surface area contributed by atoms with Gasteiger partial charge in [0, 0.05) is 16.3 Å². The molecule has 0 spiro atoms. The van der Waals surface area contributed by atoms with Crippen molar-refractivity contribution in [3.63, 3.8) is 0 Å². The van der Waals surface area contributed by atoms with Gasteiger partial charge in [0.1, 0.15) is 11.9 Å². The smallest absolute Gasteiger partial charge is 0.247 e. The number of rotatable bonds is 5. The zero-order chi connectivity index (χ0) is 19.5. The standard InChI is InChI=1S/C22H17ClFN3O/c1-14-7-12-18(13-19(14)23)25-20(15-8-10-17(24)11-9-15)22-27-26-21(28-22)16-5-3-2-4-6-16/h2-13,20,25H,1H3. The molecule has 0 fully saturated rings. The fourth-order valence-electron chi connectivity index (χ4n) is 2.84. The van der Waals surface area contributed by atoms with E-state index < -0.39 is 6.04 Å². The second-order valence-electron chi connectivity index (χ2n) is 6.40. The lowest BCUT2D eigenvalue weighted by atomic mass is 10.1. The minimum absolute atomic E-state index is 0.309. The zero-order valence-electron chi connectivity index (χ0n) is 15.1. The van der Waals surface area contributed by atoms with Gasteiger partial charge in [0.15, 0.2) is 0 Å². The minimum Gasteiger partial charge on any atom is -0.418 e. The van der Waals surface area contributed by atoms with Gasteiger partial charge in [-0.15, -0.1) is 10.2 Å². The van der Waals surface area contributed by atoms with Gasteiger partial charge in [0.25, 0.3) is 0 Å². The Balaban J connectivity index is 1.71. The molecule has 3 aromatic carbocycles. The Morgan fingerprint density at radius 3 is 2.43 bits per heavy atom. The fourth-order valence-corrected chi connectivity index (χ4v) is 3.02. The molecule has 6 heteroatoms. The number of hydrogen-bond donors (Lipinski definition) is 1. The van der Waals surface area contributed by atoms with Crippen molar-refractivity contribution < 1.29 is 8.81 Å². The quantitative estimate of drug-likeness (QED) is 0.449. The summed E-state index contributed by atoms with van der Waals surface area (Å²) in [4.78, 5) is 0. The summed E-state index contributed by atoms with van der Waals surface area (Å²) in [6, 6.07) is 20.9. The number of halogens is 2. The number of aromatic nitrogens is 2. The van der Waals surface area contributed by atoms with Crippen LogP contribution in [0.4, 0.5) is 10.1 Å². The van der Waals surface area contributed by atoms with Crippen molar-refractivity contribution in [3.05, 3.63) is 101 Å². The van der Waals surface area contributed by atoms with Crippen LogP contribution >= 0.6 is 11.6 Å². The molecule has 0 aliphatic rings. The highest BCUT2D eigenvalue weighted by molar-refractivity contribution is 6.31. The molecule has 1 atom stereocenters. The number of benzene rings is 3. The average molecular weight is 394 g/mol. The van der Waals surface area contributed by atoms with Crippen LogP contribution in [0.2, 0.25) is 5.02 Å². The predicted octanol–water partition coefficient (Wildman–Crippen LogP) is 6.04. The number of hydrogen-bond acceptors (Lipinski definition) is 4. The Bertz CT molecular complexity index is 1080. The highest BCUT2D eigenvalue weighted by Crippen LogP contribution is 2.30. The molecule has 1 heterocycles. The molecule has 1 aromatic heterocycles. The lowest BCUT2D eigenvalue weighted by Crippen LogP contribution is -2.13. The molecular weight excluding hydrogens is 377 g/mol. The third-order valence-electron chi connectivity index (χ3n) is 4.39. The summed E-state index contributed by atoms with van der Waals surface area (Å²) in [6.07, 6.45) is 0. The van der Waals surface area contributed by atoms with Crippen LogP contribution in [-0.2, 0) is 0 Å². The van der Waals surface area contributed by atoms with Gasteiger partial charge in [-0.05, 0) is 54.4 Å². The maximum Gasteiger partial charge on any atom is 0.247 e. The van der Waals surface area contributed by atoms with Crippen LogP contribution in [0.15, 0.2) is 77.2 Å². The first-order chi connectivity index (χ1) is 13.6. The molecule has 0 saturated carbocycles. The SMILES string of the molecule is Cc1ccc(NC(c2ccc(F)cc2)c2nnc(-c3ccccc3)o2)cc1Cl. The monoisotopic (exact) mass is 393 g/mol. The second kappa shape index (κ2) is 7.82. The van der Waals surface area contributed by atoms with Crippen molar-refractivity contribution in [2.45, 2.75) is 13.0 Å². The molecule has 0 amide bonds. The van der Waals surface area contributed by atoms with Crippen LogP contribution in [0.25, 0.3) is 11.5 Å².